The number of methoxy groups -OCH3 is 1. The molecule has 1 aromatic heterocycles. The number of ether oxygens (including phenoxy) is 1. The zero-order chi connectivity index (χ0) is 15.7. The second kappa shape index (κ2) is 5.44. The van der Waals surface area contributed by atoms with Crippen molar-refractivity contribution in [3.05, 3.63) is 64.0 Å². The minimum atomic E-state index is -0.329. The summed E-state index contributed by atoms with van der Waals surface area (Å²) in [6.07, 6.45) is 1.67. The van der Waals surface area contributed by atoms with Gasteiger partial charge in [0.1, 0.15) is 28.2 Å². The molecule has 0 aliphatic rings. The molecule has 3 rings (SSSR count). The summed E-state index contributed by atoms with van der Waals surface area (Å²) in [5, 5.41) is 19.4. The van der Waals surface area contributed by atoms with Gasteiger partial charge in [-0.15, -0.1) is 0 Å². The lowest BCUT2D eigenvalue weighted by molar-refractivity contribution is 0.410. The van der Waals surface area contributed by atoms with Gasteiger partial charge in [-0.2, -0.15) is 0 Å². The molecule has 2 aromatic carbocycles. The van der Waals surface area contributed by atoms with Crippen molar-refractivity contribution in [2.75, 3.05) is 7.11 Å². The first-order chi connectivity index (χ1) is 10.6. The van der Waals surface area contributed by atoms with Crippen LogP contribution in [0.25, 0.3) is 11.0 Å². The summed E-state index contributed by atoms with van der Waals surface area (Å²) in [6, 6.07) is 9.79. The fraction of sp³-hybridized carbons (Fsp3) is 0.118. The second-order valence-electron chi connectivity index (χ2n) is 4.92. The molecule has 2 N–H and O–H groups in total. The largest absolute Gasteiger partial charge is 0.508 e. The quantitative estimate of drug-likeness (QED) is 0.777. The fourth-order valence-corrected chi connectivity index (χ4v) is 2.43. The van der Waals surface area contributed by atoms with Crippen molar-refractivity contribution in [1.29, 1.82) is 0 Å². The van der Waals surface area contributed by atoms with E-state index in [1.165, 1.54) is 12.3 Å². The van der Waals surface area contributed by atoms with Crippen LogP contribution < -0.4 is 10.2 Å². The van der Waals surface area contributed by atoms with Crippen molar-refractivity contribution in [1.82, 2.24) is 0 Å². The Balaban J connectivity index is 2.13. The van der Waals surface area contributed by atoms with Crippen molar-refractivity contribution >= 4 is 11.0 Å². The Morgan fingerprint density at radius 2 is 1.91 bits per heavy atom. The predicted molar refractivity (Wildman–Crippen MR) is 81.6 cm³/mol. The molecule has 0 unspecified atom stereocenters. The number of hydrogen-bond donors (Lipinski definition) is 2. The fourth-order valence-electron chi connectivity index (χ4n) is 2.43. The Morgan fingerprint density at radius 3 is 2.68 bits per heavy atom. The van der Waals surface area contributed by atoms with Gasteiger partial charge in [0.25, 0.3) is 0 Å². The van der Waals surface area contributed by atoms with Gasteiger partial charge in [-0.25, -0.2) is 0 Å². The Hall–Kier alpha value is -2.95. The zero-order valence-electron chi connectivity index (χ0n) is 11.9. The van der Waals surface area contributed by atoms with Crippen LogP contribution in [-0.2, 0) is 6.42 Å². The van der Waals surface area contributed by atoms with Gasteiger partial charge in [0.15, 0.2) is 5.43 Å². The minimum Gasteiger partial charge on any atom is -0.508 e. The molecule has 0 atom stereocenters. The normalized spacial score (nSPS) is 10.8. The predicted octanol–water partition coefficient (Wildman–Crippen LogP) is 2.80. The van der Waals surface area contributed by atoms with Crippen molar-refractivity contribution in [2.45, 2.75) is 6.42 Å². The van der Waals surface area contributed by atoms with E-state index >= 15 is 0 Å². The second-order valence-corrected chi connectivity index (χ2v) is 4.92. The van der Waals surface area contributed by atoms with Crippen LogP contribution in [0.2, 0.25) is 0 Å². The number of para-hydroxylation sites is 1. The third-order valence-electron chi connectivity index (χ3n) is 3.49. The molecule has 0 saturated carbocycles. The van der Waals surface area contributed by atoms with E-state index in [1.54, 1.807) is 7.11 Å². The highest BCUT2D eigenvalue weighted by Gasteiger charge is 2.14. The Labute approximate surface area is 126 Å². The van der Waals surface area contributed by atoms with Gasteiger partial charge in [-0.05, 0) is 11.6 Å². The number of rotatable bonds is 3. The Morgan fingerprint density at radius 1 is 1.14 bits per heavy atom. The molecular weight excluding hydrogens is 284 g/mol. The number of hydrogen-bond acceptors (Lipinski definition) is 5. The van der Waals surface area contributed by atoms with Crippen LogP contribution in [0.15, 0.2) is 51.9 Å². The van der Waals surface area contributed by atoms with E-state index in [1.807, 2.05) is 24.3 Å². The first kappa shape index (κ1) is 14.0. The first-order valence-electron chi connectivity index (χ1n) is 6.68. The van der Waals surface area contributed by atoms with Crippen LogP contribution in [0, 0.1) is 0 Å². The van der Waals surface area contributed by atoms with Crippen molar-refractivity contribution < 1.29 is 19.4 Å². The van der Waals surface area contributed by atoms with E-state index in [-0.39, 0.29) is 27.9 Å². The van der Waals surface area contributed by atoms with Crippen LogP contribution >= 0.6 is 0 Å². The minimum absolute atomic E-state index is 0.0604. The van der Waals surface area contributed by atoms with Gasteiger partial charge in [-0.1, -0.05) is 18.2 Å². The first-order valence-corrected chi connectivity index (χ1v) is 6.68. The average molecular weight is 298 g/mol. The molecule has 0 radical (unpaired) electrons. The lowest BCUT2D eigenvalue weighted by Crippen LogP contribution is -2.10. The van der Waals surface area contributed by atoms with Gasteiger partial charge < -0.3 is 19.4 Å². The highest BCUT2D eigenvalue weighted by atomic mass is 16.5. The van der Waals surface area contributed by atoms with E-state index in [0.29, 0.717) is 17.7 Å². The van der Waals surface area contributed by atoms with Crippen LogP contribution in [0.5, 0.6) is 17.2 Å². The molecule has 0 spiro atoms. The molecule has 112 valence electrons. The monoisotopic (exact) mass is 298 g/mol. The summed E-state index contributed by atoms with van der Waals surface area (Å²) in [4.78, 5) is 12.5. The molecule has 0 amide bonds. The summed E-state index contributed by atoms with van der Waals surface area (Å²) >= 11 is 0. The molecule has 3 aromatic rings. The molecule has 0 aliphatic carbocycles. The maximum atomic E-state index is 12.5. The SMILES string of the molecule is COc1ccccc1Cc1coc2cc(O)cc(O)c2c1=O. The molecule has 5 nitrogen and oxygen atoms in total. The number of fused-ring (bicyclic) bond motifs is 1. The van der Waals surface area contributed by atoms with Gasteiger partial charge in [0.2, 0.25) is 0 Å². The van der Waals surface area contributed by atoms with Gasteiger partial charge in [-0.3, -0.25) is 4.79 Å². The Bertz CT molecular complexity index is 895. The smallest absolute Gasteiger partial charge is 0.199 e. The number of phenols is 2. The van der Waals surface area contributed by atoms with Crippen molar-refractivity contribution in [3.8, 4) is 17.2 Å². The van der Waals surface area contributed by atoms with E-state index in [2.05, 4.69) is 0 Å². The highest BCUT2D eigenvalue weighted by Crippen LogP contribution is 2.28. The van der Waals surface area contributed by atoms with Crippen molar-refractivity contribution in [3.63, 3.8) is 0 Å². The van der Waals surface area contributed by atoms with Crippen LogP contribution in [0.1, 0.15) is 11.1 Å². The zero-order valence-corrected chi connectivity index (χ0v) is 11.9. The van der Waals surface area contributed by atoms with Crippen molar-refractivity contribution in [2.24, 2.45) is 0 Å². The summed E-state index contributed by atoms with van der Waals surface area (Å²) in [6.45, 7) is 0. The lowest BCUT2D eigenvalue weighted by atomic mass is 10.0. The molecule has 22 heavy (non-hydrogen) atoms. The molecular formula is C17H14O5. The highest BCUT2D eigenvalue weighted by molar-refractivity contribution is 5.85. The van der Waals surface area contributed by atoms with E-state index in [4.69, 9.17) is 9.15 Å². The topological polar surface area (TPSA) is 79.9 Å². The summed E-state index contributed by atoms with van der Waals surface area (Å²) in [5.41, 5.74) is 1.06. The number of benzene rings is 2. The standard InChI is InChI=1S/C17H14O5/c1-21-14-5-3-2-4-10(14)6-11-9-22-15-8-12(18)7-13(19)16(15)17(11)20/h2-5,7-9,18-19H,6H2,1H3. The average Bonchev–Trinajstić information content (AvgIpc) is 2.50. The molecule has 0 bridgehead atoms. The summed E-state index contributed by atoms with van der Waals surface area (Å²) < 4.78 is 10.6. The van der Waals surface area contributed by atoms with Crippen LogP contribution in [0.3, 0.4) is 0 Å². The third kappa shape index (κ3) is 2.37. The molecule has 1 heterocycles. The van der Waals surface area contributed by atoms with Crippen LogP contribution in [0.4, 0.5) is 0 Å². The molecule has 0 fully saturated rings. The molecule has 0 aliphatic heterocycles. The van der Waals surface area contributed by atoms with Gasteiger partial charge >= 0.3 is 0 Å². The van der Waals surface area contributed by atoms with Crippen LogP contribution in [-0.4, -0.2) is 17.3 Å². The van der Waals surface area contributed by atoms with Gasteiger partial charge in [0.05, 0.1) is 13.4 Å². The maximum absolute atomic E-state index is 12.5. The maximum Gasteiger partial charge on any atom is 0.199 e. The van der Waals surface area contributed by atoms with E-state index in [0.717, 1.165) is 11.6 Å². The molecule has 5 heteroatoms. The third-order valence-corrected chi connectivity index (χ3v) is 3.49. The van der Waals surface area contributed by atoms with E-state index < -0.39 is 0 Å². The molecule has 0 saturated heterocycles. The number of aromatic hydroxyl groups is 2. The summed E-state index contributed by atoms with van der Waals surface area (Å²) in [7, 11) is 1.57. The summed E-state index contributed by atoms with van der Waals surface area (Å²) in [5.74, 6) is 0.216. The van der Waals surface area contributed by atoms with Gasteiger partial charge in [0, 0.05) is 24.1 Å². The Kier molecular flexibility index (Phi) is 3.47. The van der Waals surface area contributed by atoms with E-state index in [9.17, 15) is 15.0 Å². The number of phenolic OH excluding ortho intramolecular Hbond substituents is 2. The lowest BCUT2D eigenvalue weighted by Gasteiger charge is -2.08.